The van der Waals surface area contributed by atoms with Crippen molar-refractivity contribution in [2.75, 3.05) is 6.61 Å². The normalized spacial score (nSPS) is 10.3. The van der Waals surface area contributed by atoms with E-state index in [1.54, 1.807) is 47.4 Å². The third-order valence-corrected chi connectivity index (χ3v) is 3.80. The summed E-state index contributed by atoms with van der Waals surface area (Å²) >= 11 is 6.06. The Morgan fingerprint density at radius 3 is 2.85 bits per heavy atom. The van der Waals surface area contributed by atoms with Gasteiger partial charge in [-0.15, -0.1) is 0 Å². The van der Waals surface area contributed by atoms with Crippen LogP contribution in [0.1, 0.15) is 24.5 Å². The van der Waals surface area contributed by atoms with Crippen LogP contribution in [-0.2, 0) is 6.61 Å². The van der Waals surface area contributed by atoms with Crippen LogP contribution < -0.4 is 9.47 Å². The molecule has 0 fully saturated rings. The summed E-state index contributed by atoms with van der Waals surface area (Å²) in [6, 6.07) is 12.6. The summed E-state index contributed by atoms with van der Waals surface area (Å²) in [6.07, 6.45) is 4.09. The summed E-state index contributed by atoms with van der Waals surface area (Å²) in [5.41, 5.74) is 1.39. The summed E-state index contributed by atoms with van der Waals surface area (Å²) < 4.78 is 13.2. The Labute approximate surface area is 156 Å². The predicted molar refractivity (Wildman–Crippen MR) is 97.6 cm³/mol. The van der Waals surface area contributed by atoms with Crippen molar-refractivity contribution in [3.63, 3.8) is 0 Å². The maximum absolute atomic E-state index is 9.04. The Morgan fingerprint density at radius 2 is 2.04 bits per heavy atom. The number of nitriles is 1. The van der Waals surface area contributed by atoms with Gasteiger partial charge in [0.1, 0.15) is 12.4 Å². The van der Waals surface area contributed by atoms with Crippen LogP contribution >= 0.6 is 11.6 Å². The number of aromatic nitrogens is 3. The second-order valence-electron chi connectivity index (χ2n) is 5.48. The Kier molecular flexibility index (Phi) is 5.72. The average molecular weight is 369 g/mol. The molecule has 132 valence electrons. The first-order chi connectivity index (χ1) is 12.7. The van der Waals surface area contributed by atoms with E-state index in [2.05, 4.69) is 16.2 Å². The zero-order valence-corrected chi connectivity index (χ0v) is 15.0. The second-order valence-corrected chi connectivity index (χ2v) is 5.92. The van der Waals surface area contributed by atoms with Crippen molar-refractivity contribution in [1.29, 1.82) is 5.26 Å². The monoisotopic (exact) mass is 368 g/mol. The smallest absolute Gasteiger partial charge is 0.218 e. The van der Waals surface area contributed by atoms with E-state index in [0.29, 0.717) is 41.2 Å². The van der Waals surface area contributed by atoms with E-state index in [1.807, 2.05) is 13.0 Å². The lowest BCUT2D eigenvalue weighted by atomic mass is 10.2. The van der Waals surface area contributed by atoms with Crippen LogP contribution in [0.15, 0.2) is 48.8 Å². The third-order valence-electron chi connectivity index (χ3n) is 3.57. The number of pyridine rings is 1. The molecule has 0 atom stereocenters. The quantitative estimate of drug-likeness (QED) is 0.626. The van der Waals surface area contributed by atoms with Crippen molar-refractivity contribution in [3.8, 4) is 23.5 Å². The molecule has 2 heterocycles. The van der Waals surface area contributed by atoms with Crippen molar-refractivity contribution in [2.24, 2.45) is 0 Å². The number of halogens is 1. The fourth-order valence-corrected chi connectivity index (χ4v) is 2.48. The first-order valence-electron chi connectivity index (χ1n) is 8.16. The molecule has 0 unspecified atom stereocenters. The Bertz CT molecular complexity index is 933. The van der Waals surface area contributed by atoms with E-state index in [9.17, 15) is 0 Å². The molecule has 0 aliphatic heterocycles. The molecule has 2 aromatic heterocycles. The van der Waals surface area contributed by atoms with Gasteiger partial charge in [0, 0.05) is 28.9 Å². The standard InChI is InChI=1S/C19H17ClN4O2/c1-2-9-25-17-11-16(20)4-3-15(17)13-26-19-6-8-23-24(19)18-10-14(12-21)5-7-22-18/h3-8,10-11H,2,9,13H2,1H3. The summed E-state index contributed by atoms with van der Waals surface area (Å²) in [5, 5.41) is 13.9. The molecule has 7 heteroatoms. The van der Waals surface area contributed by atoms with E-state index in [1.165, 1.54) is 0 Å². The van der Waals surface area contributed by atoms with E-state index in [4.69, 9.17) is 26.3 Å². The summed E-state index contributed by atoms with van der Waals surface area (Å²) in [5.74, 6) is 1.74. The van der Waals surface area contributed by atoms with Crippen LogP contribution in [0.3, 0.4) is 0 Å². The molecule has 0 aliphatic rings. The minimum absolute atomic E-state index is 0.292. The average Bonchev–Trinajstić information content (AvgIpc) is 3.14. The molecule has 0 saturated carbocycles. The molecule has 0 bridgehead atoms. The minimum atomic E-state index is 0.292. The fourth-order valence-electron chi connectivity index (χ4n) is 2.32. The van der Waals surface area contributed by atoms with Gasteiger partial charge in [-0.25, -0.2) is 4.98 Å². The zero-order chi connectivity index (χ0) is 18.4. The predicted octanol–water partition coefficient (Wildman–Crippen LogP) is 4.16. The lowest BCUT2D eigenvalue weighted by molar-refractivity contribution is 0.266. The second kappa shape index (κ2) is 8.37. The number of rotatable bonds is 7. The summed E-state index contributed by atoms with van der Waals surface area (Å²) in [7, 11) is 0. The van der Waals surface area contributed by atoms with Crippen LogP contribution in [0.2, 0.25) is 5.02 Å². The molecule has 26 heavy (non-hydrogen) atoms. The summed E-state index contributed by atoms with van der Waals surface area (Å²) in [4.78, 5) is 4.24. The topological polar surface area (TPSA) is 73.0 Å². The number of benzene rings is 1. The SMILES string of the molecule is CCCOc1cc(Cl)ccc1COc1ccnn1-c1cc(C#N)ccn1. The molecule has 3 rings (SSSR count). The Hall–Kier alpha value is -3.04. The molecule has 6 nitrogen and oxygen atoms in total. The Morgan fingerprint density at radius 1 is 1.15 bits per heavy atom. The highest BCUT2D eigenvalue weighted by molar-refractivity contribution is 6.30. The van der Waals surface area contributed by atoms with Gasteiger partial charge in [0.25, 0.3) is 0 Å². The maximum Gasteiger partial charge on any atom is 0.218 e. The van der Waals surface area contributed by atoms with Crippen molar-refractivity contribution >= 4 is 11.6 Å². The lowest BCUT2D eigenvalue weighted by Crippen LogP contribution is -2.06. The van der Waals surface area contributed by atoms with Crippen LogP contribution in [0.5, 0.6) is 11.6 Å². The highest BCUT2D eigenvalue weighted by Crippen LogP contribution is 2.26. The van der Waals surface area contributed by atoms with Gasteiger partial charge < -0.3 is 9.47 Å². The molecule has 0 aliphatic carbocycles. The van der Waals surface area contributed by atoms with Crippen LogP contribution in [-0.4, -0.2) is 21.4 Å². The molecule has 0 amide bonds. The molecule has 0 radical (unpaired) electrons. The van der Waals surface area contributed by atoms with Crippen molar-refractivity contribution < 1.29 is 9.47 Å². The molecule has 3 aromatic rings. The third kappa shape index (κ3) is 4.13. The van der Waals surface area contributed by atoms with Gasteiger partial charge in [-0.2, -0.15) is 15.0 Å². The molecular weight excluding hydrogens is 352 g/mol. The van der Waals surface area contributed by atoms with E-state index in [-0.39, 0.29) is 0 Å². The van der Waals surface area contributed by atoms with Gasteiger partial charge in [0.15, 0.2) is 5.82 Å². The van der Waals surface area contributed by atoms with Gasteiger partial charge in [-0.1, -0.05) is 24.6 Å². The fraction of sp³-hybridized carbons (Fsp3) is 0.211. The number of hydrogen-bond acceptors (Lipinski definition) is 5. The number of nitrogens with zero attached hydrogens (tertiary/aromatic N) is 4. The molecule has 1 aromatic carbocycles. The van der Waals surface area contributed by atoms with Gasteiger partial charge in [0.05, 0.1) is 24.4 Å². The molecular formula is C19H17ClN4O2. The zero-order valence-electron chi connectivity index (χ0n) is 14.2. The van der Waals surface area contributed by atoms with Gasteiger partial charge >= 0.3 is 0 Å². The molecule has 0 spiro atoms. The van der Waals surface area contributed by atoms with Crippen molar-refractivity contribution in [2.45, 2.75) is 20.0 Å². The van der Waals surface area contributed by atoms with E-state index < -0.39 is 0 Å². The van der Waals surface area contributed by atoms with Gasteiger partial charge in [0.2, 0.25) is 5.88 Å². The van der Waals surface area contributed by atoms with E-state index >= 15 is 0 Å². The lowest BCUT2D eigenvalue weighted by Gasteiger charge is -2.13. The van der Waals surface area contributed by atoms with Crippen molar-refractivity contribution in [1.82, 2.24) is 14.8 Å². The van der Waals surface area contributed by atoms with Crippen LogP contribution in [0, 0.1) is 11.3 Å². The summed E-state index contributed by atoms with van der Waals surface area (Å²) in [6.45, 7) is 2.94. The van der Waals surface area contributed by atoms with Crippen LogP contribution in [0.4, 0.5) is 0 Å². The van der Waals surface area contributed by atoms with Gasteiger partial charge in [-0.05, 0) is 24.6 Å². The first kappa shape index (κ1) is 17.8. The number of hydrogen-bond donors (Lipinski definition) is 0. The molecule has 0 saturated heterocycles. The van der Waals surface area contributed by atoms with Crippen molar-refractivity contribution in [3.05, 3.63) is 64.9 Å². The van der Waals surface area contributed by atoms with E-state index in [0.717, 1.165) is 12.0 Å². The number of ether oxygens (including phenoxy) is 2. The van der Waals surface area contributed by atoms with Gasteiger partial charge in [-0.3, -0.25) is 0 Å². The largest absolute Gasteiger partial charge is 0.493 e. The maximum atomic E-state index is 9.04. The highest BCUT2D eigenvalue weighted by atomic mass is 35.5. The molecule has 0 N–H and O–H groups in total. The minimum Gasteiger partial charge on any atom is -0.493 e. The Balaban J connectivity index is 1.80. The van der Waals surface area contributed by atoms with Crippen LogP contribution in [0.25, 0.3) is 5.82 Å². The highest BCUT2D eigenvalue weighted by Gasteiger charge is 2.11. The first-order valence-corrected chi connectivity index (χ1v) is 8.53.